The van der Waals surface area contributed by atoms with Gasteiger partial charge in [0.1, 0.15) is 62.0 Å². The van der Waals surface area contributed by atoms with Crippen LogP contribution in [0.2, 0.25) is 0 Å². The van der Waals surface area contributed by atoms with Crippen LogP contribution < -0.4 is 0 Å². The fourth-order valence-electron chi connectivity index (χ4n) is 4.43. The van der Waals surface area contributed by atoms with E-state index in [0.29, 0.717) is 0 Å². The minimum Gasteiger partial charge on any atom is -0.460 e. The van der Waals surface area contributed by atoms with E-state index in [1.807, 2.05) is 0 Å². The van der Waals surface area contributed by atoms with E-state index in [9.17, 15) is 39.3 Å². The zero-order chi connectivity index (χ0) is 32.3. The Morgan fingerprint density at radius 1 is 0.628 bits per heavy atom. The van der Waals surface area contributed by atoms with Crippen molar-refractivity contribution >= 4 is 29.8 Å². The Kier molecular flexibility index (Phi) is 13.0. The number of aliphatic hydroxyl groups excluding tert-OH is 3. The topological polar surface area (TPSA) is 211 Å². The van der Waals surface area contributed by atoms with Crippen molar-refractivity contribution < 1.29 is 72.5 Å². The van der Waals surface area contributed by atoms with E-state index in [-0.39, 0.29) is 0 Å². The third kappa shape index (κ3) is 8.92. The molecule has 2 saturated heterocycles. The van der Waals surface area contributed by atoms with E-state index in [0.717, 1.165) is 30.4 Å². The van der Waals surface area contributed by atoms with Crippen LogP contribution in [0.25, 0.3) is 0 Å². The van der Waals surface area contributed by atoms with Gasteiger partial charge in [0.2, 0.25) is 0 Å². The molecule has 15 nitrogen and oxygen atoms in total. The van der Waals surface area contributed by atoms with Crippen molar-refractivity contribution in [2.75, 3.05) is 19.8 Å². The highest BCUT2D eigenvalue weighted by Gasteiger charge is 2.59. The second-order valence-electron chi connectivity index (χ2n) is 9.26. The van der Waals surface area contributed by atoms with Crippen molar-refractivity contribution in [3.63, 3.8) is 0 Å². The zero-order valence-electron chi connectivity index (χ0n) is 23.1. The molecule has 43 heavy (non-hydrogen) atoms. The van der Waals surface area contributed by atoms with Crippen LogP contribution in [-0.4, -0.2) is 119 Å². The molecule has 0 aromatic heterocycles. The highest BCUT2D eigenvalue weighted by atomic mass is 16.6. The minimum atomic E-state index is -2.03. The molecule has 0 spiro atoms. The van der Waals surface area contributed by atoms with E-state index in [4.69, 9.17) is 33.2 Å². The van der Waals surface area contributed by atoms with Gasteiger partial charge in [0.15, 0.2) is 12.2 Å². The first-order chi connectivity index (χ1) is 20.4. The Hall–Kier alpha value is -4.15. The summed E-state index contributed by atoms with van der Waals surface area (Å²) in [7, 11) is 0. The summed E-state index contributed by atoms with van der Waals surface area (Å²) >= 11 is 0. The van der Waals surface area contributed by atoms with Gasteiger partial charge in [0.05, 0.1) is 0 Å². The molecule has 2 rings (SSSR count). The van der Waals surface area contributed by atoms with Crippen LogP contribution in [0.5, 0.6) is 0 Å². The van der Waals surface area contributed by atoms with Crippen molar-refractivity contribution in [3.8, 4) is 0 Å². The van der Waals surface area contributed by atoms with E-state index in [1.54, 1.807) is 0 Å². The molecule has 0 aliphatic carbocycles. The van der Waals surface area contributed by atoms with Crippen LogP contribution in [0, 0.1) is 0 Å². The predicted molar refractivity (Wildman–Crippen MR) is 143 cm³/mol. The van der Waals surface area contributed by atoms with Gasteiger partial charge in [0, 0.05) is 36.8 Å². The van der Waals surface area contributed by atoms with E-state index in [1.165, 1.54) is 0 Å². The Balaban J connectivity index is 2.53. The fourth-order valence-corrected chi connectivity index (χ4v) is 4.43. The summed E-state index contributed by atoms with van der Waals surface area (Å²) in [6, 6.07) is 0. The van der Waals surface area contributed by atoms with Gasteiger partial charge in [-0.05, 0) is 0 Å². The first-order valence-corrected chi connectivity index (χ1v) is 12.8. The maximum atomic E-state index is 12.2. The van der Waals surface area contributed by atoms with Crippen LogP contribution in [0.1, 0.15) is 6.42 Å². The minimum absolute atomic E-state index is 0.553. The molecule has 2 heterocycles. The molecule has 9 unspecified atom stereocenters. The summed E-state index contributed by atoms with van der Waals surface area (Å²) in [5, 5.41) is 33.1. The summed E-state index contributed by atoms with van der Waals surface area (Å²) in [6.45, 7) is 14.5. The summed E-state index contributed by atoms with van der Waals surface area (Å²) < 4.78 is 37.5. The monoisotopic (exact) mass is 610 g/mol. The molecule has 2 aliphatic rings. The third-order valence-corrected chi connectivity index (χ3v) is 6.51. The normalized spacial score (nSPS) is 31.4. The third-order valence-electron chi connectivity index (χ3n) is 6.51. The molecule has 9 atom stereocenters. The number of aliphatic hydroxyl groups is 3. The highest BCUT2D eigenvalue weighted by Crippen LogP contribution is 2.40. The van der Waals surface area contributed by atoms with Crippen LogP contribution in [0.4, 0.5) is 0 Å². The fraction of sp³-hybridized carbons (Fsp3) is 0.464. The maximum absolute atomic E-state index is 12.2. The average Bonchev–Trinajstić information content (AvgIpc) is 3.24. The van der Waals surface area contributed by atoms with Crippen LogP contribution in [-0.2, 0) is 57.1 Å². The summed E-state index contributed by atoms with van der Waals surface area (Å²) in [5.74, 6) is -4.70. The summed E-state index contributed by atoms with van der Waals surface area (Å²) in [4.78, 5) is 59.6. The summed E-state index contributed by atoms with van der Waals surface area (Å²) in [6.07, 6.45) is -9.27. The average molecular weight is 611 g/mol. The lowest BCUT2D eigenvalue weighted by Gasteiger charge is -2.45. The van der Waals surface area contributed by atoms with Gasteiger partial charge in [-0.2, -0.15) is 0 Å². The van der Waals surface area contributed by atoms with Gasteiger partial charge in [-0.25, -0.2) is 24.0 Å². The lowest BCUT2D eigenvalue weighted by atomic mass is 9.84. The van der Waals surface area contributed by atoms with Crippen LogP contribution >= 0.6 is 0 Å². The van der Waals surface area contributed by atoms with Gasteiger partial charge in [-0.3, -0.25) is 0 Å². The quantitative estimate of drug-likeness (QED) is 0.112. The SMILES string of the molecule is C=CC(=O)OCC1OC(COC(=O)C=C)(CC2OC(COC(=O)C=C)C(OC(=O)C=C)C(O)C2OC(=O)C=C)C(O)C1O. The first kappa shape index (κ1) is 35.0. The largest absolute Gasteiger partial charge is 0.460 e. The molecular formula is C28H34O15. The van der Waals surface area contributed by atoms with Gasteiger partial charge in [-0.15, -0.1) is 0 Å². The Labute approximate surface area is 246 Å². The molecule has 236 valence electrons. The Morgan fingerprint density at radius 2 is 1.07 bits per heavy atom. The molecule has 0 aromatic rings. The second kappa shape index (κ2) is 15.9. The van der Waals surface area contributed by atoms with Gasteiger partial charge >= 0.3 is 29.8 Å². The van der Waals surface area contributed by atoms with Gasteiger partial charge < -0.3 is 48.5 Å². The maximum Gasteiger partial charge on any atom is 0.330 e. The molecule has 3 N–H and O–H groups in total. The number of rotatable bonds is 15. The van der Waals surface area contributed by atoms with Gasteiger partial charge in [0.25, 0.3) is 0 Å². The molecule has 15 heteroatoms. The van der Waals surface area contributed by atoms with E-state index in [2.05, 4.69) is 32.9 Å². The molecule has 0 radical (unpaired) electrons. The molecule has 0 bridgehead atoms. The highest BCUT2D eigenvalue weighted by molar-refractivity contribution is 5.83. The Bertz CT molecular complexity index is 1110. The lowest BCUT2D eigenvalue weighted by Crippen LogP contribution is -2.63. The number of hydrogen-bond donors (Lipinski definition) is 3. The number of hydrogen-bond acceptors (Lipinski definition) is 15. The lowest BCUT2D eigenvalue weighted by molar-refractivity contribution is -0.258. The predicted octanol–water partition coefficient (Wildman–Crippen LogP) is -1.25. The van der Waals surface area contributed by atoms with Crippen molar-refractivity contribution in [2.45, 2.75) is 60.9 Å². The molecule has 0 amide bonds. The number of esters is 5. The van der Waals surface area contributed by atoms with Crippen molar-refractivity contribution in [1.29, 1.82) is 0 Å². The number of carbonyl (C=O) groups excluding carboxylic acids is 5. The number of ether oxygens (including phenoxy) is 7. The standard InChI is InChI=1S/C28H34O15/c1-6-18(29)37-12-16-23(34)27(36)28(43-16,14-39-20(31)8-3)11-15-25(41-21(32)9-4)24(35)26(42-22(33)10-5)17(40-15)13-38-19(30)7-2/h6-10,15-17,23-27,34-36H,1-5,11-14H2. The molecule has 0 aromatic carbocycles. The van der Waals surface area contributed by atoms with Crippen LogP contribution in [0.15, 0.2) is 63.3 Å². The Morgan fingerprint density at radius 3 is 1.56 bits per heavy atom. The molecule has 2 fully saturated rings. The zero-order valence-corrected chi connectivity index (χ0v) is 23.1. The molecule has 0 saturated carbocycles. The van der Waals surface area contributed by atoms with Crippen LogP contribution in [0.3, 0.4) is 0 Å². The van der Waals surface area contributed by atoms with Crippen molar-refractivity contribution in [3.05, 3.63) is 63.3 Å². The second-order valence-corrected chi connectivity index (χ2v) is 9.26. The van der Waals surface area contributed by atoms with Gasteiger partial charge in [-0.1, -0.05) is 32.9 Å². The smallest absolute Gasteiger partial charge is 0.330 e. The van der Waals surface area contributed by atoms with E-state index >= 15 is 0 Å². The van der Waals surface area contributed by atoms with Crippen molar-refractivity contribution in [1.82, 2.24) is 0 Å². The summed E-state index contributed by atoms with van der Waals surface area (Å²) in [5.41, 5.74) is -2.03. The van der Waals surface area contributed by atoms with E-state index < -0.39 is 111 Å². The number of carbonyl (C=O) groups is 5. The first-order valence-electron chi connectivity index (χ1n) is 12.8. The van der Waals surface area contributed by atoms with Crippen molar-refractivity contribution in [2.24, 2.45) is 0 Å². The molecule has 2 aliphatic heterocycles. The molecular weight excluding hydrogens is 576 g/mol.